The largest absolute Gasteiger partial charge is 0.477 e. The van der Waals surface area contributed by atoms with Gasteiger partial charge in [0.1, 0.15) is 22.7 Å². The molecule has 4 N–H and O–H groups in total. The molecule has 3 amide bonds. The molecule has 0 spiro atoms. The number of benzene rings is 1. The van der Waals surface area contributed by atoms with Crippen LogP contribution in [0.5, 0.6) is 0 Å². The Labute approximate surface area is 221 Å². The summed E-state index contributed by atoms with van der Waals surface area (Å²) in [6, 6.07) is 6.19. The van der Waals surface area contributed by atoms with E-state index >= 15 is 0 Å². The minimum atomic E-state index is -1.22. The lowest BCUT2D eigenvalue weighted by atomic mass is 10.0. The lowest BCUT2D eigenvalue weighted by Gasteiger charge is -2.49. The average Bonchev–Trinajstić information content (AvgIpc) is 2.83. The number of aliphatic carboxylic acids is 1. The molecule has 1 fully saturated rings. The first-order valence-electron chi connectivity index (χ1n) is 10.9. The number of hydrogen-bond donors (Lipinski definition) is 3. The number of carbonyl (C=O) groups is 4. The molecule has 9 nitrogen and oxygen atoms in total. The maximum Gasteiger partial charge on any atom is 0.352 e. The Morgan fingerprint density at radius 2 is 2.06 bits per heavy atom. The molecule has 0 saturated carbocycles. The summed E-state index contributed by atoms with van der Waals surface area (Å²) in [4.78, 5) is 51.2. The van der Waals surface area contributed by atoms with Gasteiger partial charge in [0.05, 0.1) is 5.75 Å². The molecular formula is C24H24ClN4O5S2+. The molecule has 1 saturated heterocycles. The van der Waals surface area contributed by atoms with Crippen molar-refractivity contribution in [1.82, 2.24) is 10.2 Å². The Balaban J connectivity index is 1.43. The number of pyridine rings is 1. The summed E-state index contributed by atoms with van der Waals surface area (Å²) in [7, 11) is 0. The molecule has 12 heteroatoms. The van der Waals surface area contributed by atoms with Crippen LogP contribution in [-0.2, 0) is 20.9 Å². The number of nitrogens with two attached hydrogens (primary N) is 1. The summed E-state index contributed by atoms with van der Waals surface area (Å²) < 4.78 is 1.65. The van der Waals surface area contributed by atoms with E-state index in [-0.39, 0.29) is 23.9 Å². The van der Waals surface area contributed by atoms with E-state index in [2.05, 4.69) is 5.32 Å². The van der Waals surface area contributed by atoms with E-state index < -0.39 is 29.2 Å². The van der Waals surface area contributed by atoms with Crippen molar-refractivity contribution < 1.29 is 28.9 Å². The van der Waals surface area contributed by atoms with Crippen molar-refractivity contribution in [2.75, 3.05) is 11.5 Å². The SMILES string of the molecule is Cc1cc(SCC(=O)N[C@@H]2C(=O)N3C(C(=O)O)=C(C[n+]4cccc(C(N)=O)c4)CS[C@H]23)c(C)cc1Cl. The smallest absolute Gasteiger partial charge is 0.352 e. The molecule has 2 aliphatic rings. The van der Waals surface area contributed by atoms with Gasteiger partial charge in [0, 0.05) is 27.3 Å². The summed E-state index contributed by atoms with van der Waals surface area (Å²) in [5.74, 6) is -2.11. The summed E-state index contributed by atoms with van der Waals surface area (Å²) in [6.07, 6.45) is 3.23. The molecule has 2 atom stereocenters. The highest BCUT2D eigenvalue weighted by molar-refractivity contribution is 8.00. The number of β-lactam (4-membered cyclic amide) rings is 1. The van der Waals surface area contributed by atoms with Crippen LogP contribution in [0.1, 0.15) is 21.5 Å². The van der Waals surface area contributed by atoms with Gasteiger partial charge in [-0.05, 0) is 43.2 Å². The fourth-order valence-corrected chi connectivity index (χ4v) is 6.53. The predicted molar refractivity (Wildman–Crippen MR) is 136 cm³/mol. The maximum atomic E-state index is 12.9. The van der Waals surface area contributed by atoms with Crippen molar-refractivity contribution in [2.45, 2.75) is 36.7 Å². The van der Waals surface area contributed by atoms with E-state index in [0.29, 0.717) is 21.9 Å². The number of carboxylic acid groups (broad SMARTS) is 1. The molecule has 2 aromatic rings. The fourth-order valence-electron chi connectivity index (χ4n) is 4.06. The highest BCUT2D eigenvalue weighted by Crippen LogP contribution is 2.40. The van der Waals surface area contributed by atoms with Crippen LogP contribution in [0.15, 0.2) is 52.8 Å². The molecule has 36 heavy (non-hydrogen) atoms. The normalized spacial score (nSPS) is 19.0. The first kappa shape index (κ1) is 26.1. The van der Waals surface area contributed by atoms with Crippen molar-refractivity contribution in [3.63, 3.8) is 0 Å². The third-order valence-electron chi connectivity index (χ3n) is 5.90. The molecular weight excluding hydrogens is 524 g/mol. The number of thioether (sulfide) groups is 2. The summed E-state index contributed by atoms with van der Waals surface area (Å²) in [5.41, 5.74) is 7.93. The molecule has 0 aliphatic carbocycles. The van der Waals surface area contributed by atoms with Gasteiger partial charge in [-0.2, -0.15) is 0 Å². The number of halogens is 1. The lowest BCUT2D eigenvalue weighted by Crippen LogP contribution is -2.71. The lowest BCUT2D eigenvalue weighted by molar-refractivity contribution is -0.689. The third-order valence-corrected chi connectivity index (χ3v) is 8.80. The molecule has 0 unspecified atom stereocenters. The van der Waals surface area contributed by atoms with Crippen molar-refractivity contribution in [2.24, 2.45) is 5.73 Å². The van der Waals surface area contributed by atoms with Crippen LogP contribution in [0.4, 0.5) is 0 Å². The van der Waals surface area contributed by atoms with Crippen LogP contribution in [0.3, 0.4) is 0 Å². The molecule has 2 aliphatic heterocycles. The van der Waals surface area contributed by atoms with Crippen LogP contribution in [0, 0.1) is 13.8 Å². The van der Waals surface area contributed by atoms with Crippen LogP contribution in [0.25, 0.3) is 0 Å². The van der Waals surface area contributed by atoms with E-state index in [1.807, 2.05) is 26.0 Å². The Bertz CT molecular complexity index is 1320. The predicted octanol–water partition coefficient (Wildman–Crippen LogP) is 1.87. The molecule has 3 heterocycles. The Morgan fingerprint density at radius 3 is 2.75 bits per heavy atom. The molecule has 188 valence electrons. The van der Waals surface area contributed by atoms with Crippen molar-refractivity contribution in [3.8, 4) is 0 Å². The molecule has 0 bridgehead atoms. The first-order valence-corrected chi connectivity index (χ1v) is 13.4. The number of aryl methyl sites for hydroxylation is 2. The molecule has 1 aromatic carbocycles. The van der Waals surface area contributed by atoms with Crippen molar-refractivity contribution in [3.05, 3.63) is 69.6 Å². The van der Waals surface area contributed by atoms with Gasteiger partial charge in [-0.1, -0.05) is 11.6 Å². The van der Waals surface area contributed by atoms with Crippen LogP contribution in [-0.4, -0.2) is 56.6 Å². The van der Waals surface area contributed by atoms with Gasteiger partial charge in [-0.15, -0.1) is 23.5 Å². The van der Waals surface area contributed by atoms with Crippen molar-refractivity contribution >= 4 is 58.8 Å². The molecule has 1 aromatic heterocycles. The van der Waals surface area contributed by atoms with Crippen LogP contribution < -0.4 is 15.6 Å². The number of carbonyl (C=O) groups excluding carboxylic acids is 3. The topological polar surface area (TPSA) is 134 Å². The number of aromatic nitrogens is 1. The van der Waals surface area contributed by atoms with Gasteiger partial charge >= 0.3 is 5.97 Å². The second-order valence-corrected chi connectivity index (χ2v) is 11.0. The van der Waals surface area contributed by atoms with Gasteiger partial charge < -0.3 is 16.2 Å². The number of carboxylic acids is 1. The highest BCUT2D eigenvalue weighted by atomic mass is 35.5. The van der Waals surface area contributed by atoms with Gasteiger partial charge in [0.25, 0.3) is 11.8 Å². The van der Waals surface area contributed by atoms with Gasteiger partial charge in [-0.25, -0.2) is 9.36 Å². The van der Waals surface area contributed by atoms with Gasteiger partial charge in [0.2, 0.25) is 5.91 Å². The second-order valence-electron chi connectivity index (χ2n) is 8.50. The van der Waals surface area contributed by atoms with Crippen LogP contribution in [0.2, 0.25) is 5.02 Å². The quantitative estimate of drug-likeness (QED) is 0.261. The number of nitrogens with one attached hydrogen (secondary N) is 1. The van der Waals surface area contributed by atoms with Crippen molar-refractivity contribution in [1.29, 1.82) is 0 Å². The number of primary amides is 1. The standard InChI is InChI=1S/C24H23ClN4O5S2/c1-12-7-17(13(2)6-16(12)25)35-11-18(30)27-19-22(32)29-20(24(33)34)15(10-36-23(19)29)9-28-5-3-4-14(8-28)21(26)31/h3-8,19,23H,9-11H2,1-2H3,(H3-,26,27,30,31,33,34)/p+1/t19-,23-/m1/s1. The zero-order valence-electron chi connectivity index (χ0n) is 19.5. The molecule has 0 radical (unpaired) electrons. The third kappa shape index (κ3) is 5.23. The summed E-state index contributed by atoms with van der Waals surface area (Å²) in [5, 5.41) is 12.8. The fraction of sp³-hybridized carbons (Fsp3) is 0.292. The van der Waals surface area contributed by atoms with Crippen LogP contribution >= 0.6 is 35.1 Å². The first-order chi connectivity index (χ1) is 17.1. The van der Waals surface area contributed by atoms with E-state index in [1.54, 1.807) is 22.9 Å². The van der Waals surface area contributed by atoms with E-state index in [4.69, 9.17) is 17.3 Å². The minimum Gasteiger partial charge on any atom is -0.477 e. The van der Waals surface area contributed by atoms with E-state index in [1.165, 1.54) is 34.6 Å². The van der Waals surface area contributed by atoms with E-state index in [9.17, 15) is 24.3 Å². The number of rotatable bonds is 8. The Morgan fingerprint density at radius 1 is 1.31 bits per heavy atom. The second kappa shape index (κ2) is 10.5. The van der Waals surface area contributed by atoms with Gasteiger partial charge in [0.15, 0.2) is 18.9 Å². The summed E-state index contributed by atoms with van der Waals surface area (Å²) >= 11 is 8.88. The monoisotopic (exact) mass is 547 g/mol. The van der Waals surface area contributed by atoms with E-state index in [0.717, 1.165) is 16.0 Å². The number of amides is 3. The highest BCUT2D eigenvalue weighted by Gasteiger charge is 2.54. The zero-order valence-corrected chi connectivity index (χ0v) is 21.9. The van der Waals surface area contributed by atoms with Gasteiger partial charge in [-0.3, -0.25) is 19.3 Å². The average molecular weight is 548 g/mol. The summed E-state index contributed by atoms with van der Waals surface area (Å²) in [6.45, 7) is 3.99. The maximum absolute atomic E-state index is 12.9. The number of nitrogens with zero attached hydrogens (tertiary/aromatic N) is 2. The Hall–Kier alpha value is -3.02. The Kier molecular flexibility index (Phi) is 7.62. The zero-order chi connectivity index (χ0) is 26.1. The number of fused-ring (bicyclic) bond motifs is 1. The minimum absolute atomic E-state index is 0.0899. The molecule has 4 rings (SSSR count). The number of hydrogen-bond acceptors (Lipinski definition) is 6.